The van der Waals surface area contributed by atoms with Crippen LogP contribution in [0.15, 0.2) is 18.2 Å². The molecular formula is C14H22F2N2. The van der Waals surface area contributed by atoms with Crippen LogP contribution in [0.3, 0.4) is 0 Å². The first-order chi connectivity index (χ1) is 8.67. The molecule has 0 aromatic heterocycles. The number of hydrogen-bond donors (Lipinski definition) is 1. The largest absolute Gasteiger partial charge is 0.311 e. The van der Waals surface area contributed by atoms with Crippen molar-refractivity contribution in [3.63, 3.8) is 0 Å². The highest BCUT2D eigenvalue weighted by Crippen LogP contribution is 2.08. The highest BCUT2D eigenvalue weighted by molar-refractivity contribution is 5.17. The summed E-state index contributed by atoms with van der Waals surface area (Å²) in [5.74, 6) is -1.57. The molecule has 1 aromatic rings. The van der Waals surface area contributed by atoms with E-state index >= 15 is 0 Å². The van der Waals surface area contributed by atoms with Gasteiger partial charge in [0, 0.05) is 19.6 Å². The van der Waals surface area contributed by atoms with Gasteiger partial charge in [-0.3, -0.25) is 0 Å². The summed E-state index contributed by atoms with van der Waals surface area (Å²) < 4.78 is 25.7. The summed E-state index contributed by atoms with van der Waals surface area (Å²) in [6.45, 7) is 8.86. The van der Waals surface area contributed by atoms with E-state index in [0.29, 0.717) is 6.54 Å². The molecular weight excluding hydrogens is 234 g/mol. The van der Waals surface area contributed by atoms with Crippen LogP contribution in [0.4, 0.5) is 8.78 Å². The SMILES string of the molecule is CCCN(CC)CCNCc1ccc(F)c(F)c1. The number of halogens is 2. The molecule has 102 valence electrons. The third-order valence-corrected chi connectivity index (χ3v) is 2.90. The van der Waals surface area contributed by atoms with Crippen LogP contribution in [0.5, 0.6) is 0 Å². The lowest BCUT2D eigenvalue weighted by molar-refractivity contribution is 0.287. The second-order valence-corrected chi connectivity index (χ2v) is 4.36. The molecule has 0 aliphatic carbocycles. The highest BCUT2D eigenvalue weighted by atomic mass is 19.2. The molecule has 0 unspecified atom stereocenters. The van der Waals surface area contributed by atoms with Crippen LogP contribution in [-0.2, 0) is 6.54 Å². The molecule has 0 saturated heterocycles. The van der Waals surface area contributed by atoms with Crippen molar-refractivity contribution in [2.75, 3.05) is 26.2 Å². The lowest BCUT2D eigenvalue weighted by Gasteiger charge is -2.19. The summed E-state index contributed by atoms with van der Waals surface area (Å²) in [5, 5.41) is 3.24. The molecule has 0 aliphatic heterocycles. The third-order valence-electron chi connectivity index (χ3n) is 2.90. The number of rotatable bonds is 8. The Balaban J connectivity index is 2.26. The Labute approximate surface area is 108 Å². The molecule has 0 amide bonds. The van der Waals surface area contributed by atoms with Crippen LogP contribution < -0.4 is 5.32 Å². The van der Waals surface area contributed by atoms with Gasteiger partial charge >= 0.3 is 0 Å². The third kappa shape index (κ3) is 5.10. The fourth-order valence-electron chi connectivity index (χ4n) is 1.86. The summed E-state index contributed by atoms with van der Waals surface area (Å²) in [7, 11) is 0. The van der Waals surface area contributed by atoms with E-state index in [4.69, 9.17) is 0 Å². The molecule has 1 rings (SSSR count). The van der Waals surface area contributed by atoms with Gasteiger partial charge in [0.1, 0.15) is 0 Å². The van der Waals surface area contributed by atoms with Crippen molar-refractivity contribution in [1.82, 2.24) is 10.2 Å². The summed E-state index contributed by atoms with van der Waals surface area (Å²) in [6, 6.07) is 4.02. The maximum absolute atomic E-state index is 13.0. The molecule has 0 saturated carbocycles. The van der Waals surface area contributed by atoms with Crippen LogP contribution in [0, 0.1) is 11.6 Å². The molecule has 0 bridgehead atoms. The molecule has 1 N–H and O–H groups in total. The molecule has 4 heteroatoms. The minimum absolute atomic E-state index is 0.570. The summed E-state index contributed by atoms with van der Waals surface area (Å²) in [5.41, 5.74) is 0.771. The van der Waals surface area contributed by atoms with Crippen molar-refractivity contribution < 1.29 is 8.78 Å². The van der Waals surface area contributed by atoms with E-state index < -0.39 is 11.6 Å². The van der Waals surface area contributed by atoms with Gasteiger partial charge in [-0.1, -0.05) is 19.9 Å². The average Bonchev–Trinajstić information content (AvgIpc) is 2.37. The van der Waals surface area contributed by atoms with Crippen molar-refractivity contribution >= 4 is 0 Å². The first kappa shape index (κ1) is 15.1. The second-order valence-electron chi connectivity index (χ2n) is 4.36. The Morgan fingerprint density at radius 3 is 2.50 bits per heavy atom. The van der Waals surface area contributed by atoms with Gasteiger partial charge in [0.05, 0.1) is 0 Å². The number of likely N-dealkylation sites (N-methyl/N-ethyl adjacent to an activating group) is 1. The molecule has 0 atom stereocenters. The minimum atomic E-state index is -0.793. The van der Waals surface area contributed by atoms with Gasteiger partial charge in [-0.2, -0.15) is 0 Å². The zero-order valence-corrected chi connectivity index (χ0v) is 11.2. The maximum Gasteiger partial charge on any atom is 0.159 e. The van der Waals surface area contributed by atoms with E-state index in [1.54, 1.807) is 6.07 Å². The Hall–Kier alpha value is -1.00. The molecule has 0 radical (unpaired) electrons. The molecule has 2 nitrogen and oxygen atoms in total. The quantitative estimate of drug-likeness (QED) is 0.719. The van der Waals surface area contributed by atoms with E-state index in [0.717, 1.165) is 38.2 Å². The molecule has 0 heterocycles. The maximum atomic E-state index is 13.0. The van der Waals surface area contributed by atoms with E-state index in [9.17, 15) is 8.78 Å². The van der Waals surface area contributed by atoms with Crippen molar-refractivity contribution in [3.05, 3.63) is 35.4 Å². The van der Waals surface area contributed by atoms with Gasteiger partial charge in [-0.15, -0.1) is 0 Å². The number of benzene rings is 1. The fraction of sp³-hybridized carbons (Fsp3) is 0.571. The van der Waals surface area contributed by atoms with E-state index in [2.05, 4.69) is 24.1 Å². The van der Waals surface area contributed by atoms with Crippen LogP contribution in [0.1, 0.15) is 25.8 Å². The van der Waals surface area contributed by atoms with Gasteiger partial charge in [-0.25, -0.2) is 8.78 Å². The predicted molar refractivity (Wildman–Crippen MR) is 70.5 cm³/mol. The molecule has 0 fully saturated rings. The second kappa shape index (κ2) is 8.16. The van der Waals surface area contributed by atoms with Crippen LogP contribution >= 0.6 is 0 Å². The zero-order chi connectivity index (χ0) is 13.4. The van der Waals surface area contributed by atoms with Crippen molar-refractivity contribution in [1.29, 1.82) is 0 Å². The summed E-state index contributed by atoms with van der Waals surface area (Å²) in [6.07, 6.45) is 1.15. The number of nitrogens with one attached hydrogen (secondary N) is 1. The van der Waals surface area contributed by atoms with Gasteiger partial charge < -0.3 is 10.2 Å². The molecule has 0 spiro atoms. The molecule has 0 aliphatic rings. The van der Waals surface area contributed by atoms with Crippen LogP contribution in [0.2, 0.25) is 0 Å². The normalized spacial score (nSPS) is 11.2. The predicted octanol–water partition coefficient (Wildman–Crippen LogP) is 2.79. The van der Waals surface area contributed by atoms with Crippen LogP contribution in [-0.4, -0.2) is 31.1 Å². The summed E-state index contributed by atoms with van der Waals surface area (Å²) in [4.78, 5) is 2.36. The Bertz CT molecular complexity index is 356. The molecule has 1 aromatic carbocycles. The smallest absolute Gasteiger partial charge is 0.159 e. The fourth-order valence-corrected chi connectivity index (χ4v) is 1.86. The molecule has 18 heavy (non-hydrogen) atoms. The first-order valence-electron chi connectivity index (χ1n) is 6.54. The standard InChI is InChI=1S/C14H22F2N2/c1-3-8-18(4-2)9-7-17-11-12-5-6-13(15)14(16)10-12/h5-6,10,17H,3-4,7-9,11H2,1-2H3. The van der Waals surface area contributed by atoms with E-state index in [-0.39, 0.29) is 0 Å². The first-order valence-corrected chi connectivity index (χ1v) is 6.54. The Morgan fingerprint density at radius 2 is 1.89 bits per heavy atom. The van der Waals surface area contributed by atoms with Gasteiger partial charge in [0.2, 0.25) is 0 Å². The van der Waals surface area contributed by atoms with E-state index in [1.165, 1.54) is 12.1 Å². The Kier molecular flexibility index (Phi) is 6.83. The van der Waals surface area contributed by atoms with Crippen molar-refractivity contribution in [2.24, 2.45) is 0 Å². The Morgan fingerprint density at radius 1 is 1.11 bits per heavy atom. The highest BCUT2D eigenvalue weighted by Gasteiger charge is 2.03. The number of hydrogen-bond acceptors (Lipinski definition) is 2. The topological polar surface area (TPSA) is 15.3 Å². The van der Waals surface area contributed by atoms with Crippen molar-refractivity contribution in [2.45, 2.75) is 26.8 Å². The monoisotopic (exact) mass is 256 g/mol. The van der Waals surface area contributed by atoms with Gasteiger partial charge in [0.25, 0.3) is 0 Å². The van der Waals surface area contributed by atoms with Gasteiger partial charge in [0.15, 0.2) is 11.6 Å². The lowest BCUT2D eigenvalue weighted by Crippen LogP contribution is -2.32. The summed E-state index contributed by atoms with van der Waals surface area (Å²) >= 11 is 0. The van der Waals surface area contributed by atoms with Crippen LogP contribution in [0.25, 0.3) is 0 Å². The van der Waals surface area contributed by atoms with Crippen molar-refractivity contribution in [3.8, 4) is 0 Å². The van der Waals surface area contributed by atoms with E-state index in [1.807, 2.05) is 0 Å². The average molecular weight is 256 g/mol. The minimum Gasteiger partial charge on any atom is -0.311 e. The van der Waals surface area contributed by atoms with Gasteiger partial charge in [-0.05, 0) is 37.2 Å². The number of nitrogens with zero attached hydrogens (tertiary/aromatic N) is 1. The lowest BCUT2D eigenvalue weighted by atomic mass is 10.2. The zero-order valence-electron chi connectivity index (χ0n) is 11.2.